The molecule has 0 aliphatic carbocycles. The molecule has 0 unspecified atom stereocenters. The van der Waals surface area contributed by atoms with E-state index in [2.05, 4.69) is 55.2 Å². The average Bonchev–Trinajstić information content (AvgIpc) is 3.29. The van der Waals surface area contributed by atoms with Crippen LogP contribution in [0.5, 0.6) is 0 Å². The molecular formula is C22H29ClN6O. The summed E-state index contributed by atoms with van der Waals surface area (Å²) >= 11 is 6.21. The van der Waals surface area contributed by atoms with Crippen molar-refractivity contribution in [1.29, 1.82) is 0 Å². The van der Waals surface area contributed by atoms with Crippen LogP contribution in [0.4, 0.5) is 5.95 Å². The Hall–Kier alpha value is -2.22. The van der Waals surface area contributed by atoms with Gasteiger partial charge in [-0.05, 0) is 31.0 Å². The van der Waals surface area contributed by atoms with Gasteiger partial charge >= 0.3 is 0 Å². The van der Waals surface area contributed by atoms with Gasteiger partial charge in [-0.3, -0.25) is 9.69 Å². The summed E-state index contributed by atoms with van der Waals surface area (Å²) in [7, 11) is 2.17. The van der Waals surface area contributed by atoms with Gasteiger partial charge in [0.2, 0.25) is 5.95 Å². The normalized spacial score (nSPS) is 18.0. The van der Waals surface area contributed by atoms with Crippen LogP contribution in [0.15, 0.2) is 30.5 Å². The number of benzene rings is 1. The largest absolute Gasteiger partial charge is 0.347 e. The first-order valence-corrected chi connectivity index (χ1v) is 11.0. The smallest absolute Gasteiger partial charge is 0.271 e. The maximum atomic E-state index is 12.7. The van der Waals surface area contributed by atoms with Crippen LogP contribution in [0.2, 0.25) is 5.02 Å². The highest BCUT2D eigenvalue weighted by Crippen LogP contribution is 2.20. The number of nitrogens with one attached hydrogen (secondary N) is 1. The Labute approximate surface area is 183 Å². The number of nitrogens with zero attached hydrogens (tertiary/aromatic N) is 5. The molecule has 0 spiro atoms. The first-order chi connectivity index (χ1) is 14.6. The van der Waals surface area contributed by atoms with E-state index in [1.165, 1.54) is 11.8 Å². The molecular weight excluding hydrogens is 400 g/mol. The summed E-state index contributed by atoms with van der Waals surface area (Å²) in [5.41, 5.74) is 2.57. The summed E-state index contributed by atoms with van der Waals surface area (Å²) in [6, 6.07) is 8.39. The number of hydrogen-bond donors (Lipinski definition) is 1. The van der Waals surface area contributed by atoms with Crippen molar-refractivity contribution in [2.75, 3.05) is 51.2 Å². The van der Waals surface area contributed by atoms with Crippen LogP contribution in [0.25, 0.3) is 0 Å². The van der Waals surface area contributed by atoms with Crippen LogP contribution < -0.4 is 10.2 Å². The zero-order valence-electron chi connectivity index (χ0n) is 17.5. The molecule has 2 aliphatic rings. The molecule has 7 nitrogen and oxygen atoms in total. The molecule has 0 radical (unpaired) electrons. The first kappa shape index (κ1) is 21.0. The minimum absolute atomic E-state index is 0.238. The molecule has 2 aromatic rings. The number of amides is 1. The second-order valence-corrected chi connectivity index (χ2v) is 8.55. The number of hydrogen-bond acceptors (Lipinski definition) is 6. The molecule has 2 saturated heterocycles. The Balaban J connectivity index is 1.36. The third kappa shape index (κ3) is 5.28. The van der Waals surface area contributed by atoms with E-state index < -0.39 is 0 Å². The van der Waals surface area contributed by atoms with Crippen LogP contribution in [0.3, 0.4) is 0 Å². The zero-order chi connectivity index (χ0) is 20.9. The minimum Gasteiger partial charge on any atom is -0.347 e. The van der Waals surface area contributed by atoms with Gasteiger partial charge in [0.25, 0.3) is 5.91 Å². The fourth-order valence-corrected chi connectivity index (χ4v) is 4.13. The fourth-order valence-electron chi connectivity index (χ4n) is 3.95. The molecule has 2 aliphatic heterocycles. The van der Waals surface area contributed by atoms with Gasteiger partial charge in [0, 0.05) is 52.4 Å². The van der Waals surface area contributed by atoms with Gasteiger partial charge in [0.05, 0.1) is 11.2 Å². The summed E-state index contributed by atoms with van der Waals surface area (Å²) in [6.45, 7) is 7.60. The van der Waals surface area contributed by atoms with Gasteiger partial charge in [0.1, 0.15) is 0 Å². The Morgan fingerprint density at radius 3 is 2.60 bits per heavy atom. The molecule has 3 heterocycles. The van der Waals surface area contributed by atoms with E-state index in [1.807, 2.05) is 6.07 Å². The maximum absolute atomic E-state index is 12.7. The van der Waals surface area contributed by atoms with Gasteiger partial charge in [0.15, 0.2) is 5.69 Å². The van der Waals surface area contributed by atoms with Crippen LogP contribution in [-0.4, -0.2) is 72.0 Å². The molecule has 160 valence electrons. The minimum atomic E-state index is -0.271. The number of carbonyl (C=O) groups excluding carboxylic acids is 1. The van der Waals surface area contributed by atoms with Crippen LogP contribution in [0, 0.1) is 0 Å². The predicted octanol–water partition coefficient (Wildman–Crippen LogP) is 2.41. The maximum Gasteiger partial charge on any atom is 0.271 e. The van der Waals surface area contributed by atoms with Gasteiger partial charge in [-0.1, -0.05) is 35.9 Å². The standard InChI is InChI=1S/C22H29ClN6O/c1-27-9-11-28(12-10-27)16-18-6-4-5-17(13-18)14-24-21(30)20-19(23)15-25-22(26-20)29-7-2-3-8-29/h4-6,13,15H,2-3,7-12,14,16H2,1H3,(H,24,30). The summed E-state index contributed by atoms with van der Waals surface area (Å²) in [5.74, 6) is 0.309. The summed E-state index contributed by atoms with van der Waals surface area (Å²) in [6.07, 6.45) is 3.77. The lowest BCUT2D eigenvalue weighted by molar-refractivity contribution is 0.0946. The van der Waals surface area contributed by atoms with E-state index >= 15 is 0 Å². The van der Waals surface area contributed by atoms with Gasteiger partial charge in [-0.25, -0.2) is 9.97 Å². The predicted molar refractivity (Wildman–Crippen MR) is 119 cm³/mol. The summed E-state index contributed by atoms with van der Waals surface area (Å²) in [4.78, 5) is 28.4. The Bertz CT molecular complexity index is 878. The quantitative estimate of drug-likeness (QED) is 0.762. The zero-order valence-corrected chi connectivity index (χ0v) is 18.2. The third-order valence-corrected chi connectivity index (χ3v) is 6.06. The van der Waals surface area contributed by atoms with Gasteiger partial charge < -0.3 is 15.1 Å². The second-order valence-electron chi connectivity index (χ2n) is 8.14. The molecule has 0 atom stereocenters. The highest BCUT2D eigenvalue weighted by atomic mass is 35.5. The molecule has 1 aromatic heterocycles. The number of aromatic nitrogens is 2. The number of piperazine rings is 1. The molecule has 0 saturated carbocycles. The van der Waals surface area contributed by atoms with Crippen molar-refractivity contribution in [3.05, 3.63) is 52.3 Å². The average molecular weight is 429 g/mol. The lowest BCUT2D eigenvalue weighted by atomic mass is 10.1. The lowest BCUT2D eigenvalue weighted by Crippen LogP contribution is -2.43. The van der Waals surface area contributed by atoms with Crippen molar-refractivity contribution in [1.82, 2.24) is 25.1 Å². The Kier molecular flexibility index (Phi) is 6.82. The van der Waals surface area contributed by atoms with Crippen molar-refractivity contribution in [3.63, 3.8) is 0 Å². The first-order valence-electron chi connectivity index (χ1n) is 10.6. The van der Waals surface area contributed by atoms with Crippen LogP contribution in [-0.2, 0) is 13.1 Å². The molecule has 8 heteroatoms. The fraction of sp³-hybridized carbons (Fsp3) is 0.500. The van der Waals surface area contributed by atoms with Crippen molar-refractivity contribution in [2.24, 2.45) is 0 Å². The van der Waals surface area contributed by atoms with E-state index in [4.69, 9.17) is 11.6 Å². The van der Waals surface area contributed by atoms with Crippen molar-refractivity contribution in [2.45, 2.75) is 25.9 Å². The molecule has 1 amide bonds. The SMILES string of the molecule is CN1CCN(Cc2cccc(CNC(=O)c3nc(N4CCCC4)ncc3Cl)c2)CC1. The molecule has 4 rings (SSSR count). The molecule has 1 N–H and O–H groups in total. The topological polar surface area (TPSA) is 64.6 Å². The van der Waals surface area contributed by atoms with E-state index in [9.17, 15) is 4.79 Å². The number of likely N-dealkylation sites (N-methyl/N-ethyl adjacent to an activating group) is 1. The van der Waals surface area contributed by atoms with Crippen molar-refractivity contribution < 1.29 is 4.79 Å². The highest BCUT2D eigenvalue weighted by molar-refractivity contribution is 6.33. The monoisotopic (exact) mass is 428 g/mol. The number of halogens is 1. The Morgan fingerprint density at radius 2 is 1.83 bits per heavy atom. The van der Waals surface area contributed by atoms with E-state index in [1.54, 1.807) is 0 Å². The van der Waals surface area contributed by atoms with Gasteiger partial charge in [-0.2, -0.15) is 0 Å². The van der Waals surface area contributed by atoms with Crippen molar-refractivity contribution >= 4 is 23.5 Å². The summed E-state index contributed by atoms with van der Waals surface area (Å²) in [5, 5.41) is 3.24. The van der Waals surface area contributed by atoms with Gasteiger partial charge in [-0.15, -0.1) is 0 Å². The number of anilines is 1. The van der Waals surface area contributed by atoms with E-state index in [0.29, 0.717) is 12.5 Å². The number of carbonyl (C=O) groups is 1. The van der Waals surface area contributed by atoms with Crippen molar-refractivity contribution in [3.8, 4) is 0 Å². The van der Waals surface area contributed by atoms with E-state index in [0.717, 1.165) is 64.2 Å². The van der Waals surface area contributed by atoms with Crippen LogP contribution in [0.1, 0.15) is 34.5 Å². The van der Waals surface area contributed by atoms with E-state index in [-0.39, 0.29) is 16.6 Å². The highest BCUT2D eigenvalue weighted by Gasteiger charge is 2.19. The Morgan fingerprint density at radius 1 is 1.10 bits per heavy atom. The molecule has 2 fully saturated rings. The number of rotatable bonds is 6. The van der Waals surface area contributed by atoms with Crippen LogP contribution >= 0.6 is 11.6 Å². The molecule has 0 bridgehead atoms. The summed E-state index contributed by atoms with van der Waals surface area (Å²) < 4.78 is 0. The third-order valence-electron chi connectivity index (χ3n) is 5.78. The molecule has 1 aromatic carbocycles. The second kappa shape index (κ2) is 9.73. The molecule has 30 heavy (non-hydrogen) atoms. The lowest BCUT2D eigenvalue weighted by Gasteiger charge is -2.32.